The molecule has 0 spiro atoms. The average molecular weight is 396 g/mol. The van der Waals surface area contributed by atoms with Crippen LogP contribution in [-0.2, 0) is 10.0 Å². The summed E-state index contributed by atoms with van der Waals surface area (Å²) >= 11 is 0. The second-order valence-electron chi connectivity index (χ2n) is 6.08. The Morgan fingerprint density at radius 1 is 1.07 bits per heavy atom. The Morgan fingerprint density at radius 3 is 2.30 bits per heavy atom. The summed E-state index contributed by atoms with van der Waals surface area (Å²) in [5.74, 6) is -2.46. The molecule has 2 aromatic carbocycles. The molecule has 0 atom stereocenters. The van der Waals surface area contributed by atoms with Gasteiger partial charge in [-0.1, -0.05) is 13.8 Å². The van der Waals surface area contributed by atoms with Gasteiger partial charge in [0, 0.05) is 18.8 Å². The number of hydrogen-bond acceptors (Lipinski definition) is 3. The third-order valence-electron chi connectivity index (χ3n) is 4.41. The third-order valence-corrected chi connectivity index (χ3v) is 6.43. The van der Waals surface area contributed by atoms with Crippen molar-refractivity contribution in [3.63, 3.8) is 0 Å². The van der Waals surface area contributed by atoms with Crippen LogP contribution >= 0.6 is 0 Å². The van der Waals surface area contributed by atoms with E-state index in [2.05, 4.69) is 5.32 Å². The van der Waals surface area contributed by atoms with E-state index in [9.17, 15) is 22.0 Å². The van der Waals surface area contributed by atoms with Crippen LogP contribution in [0.5, 0.6) is 0 Å². The number of carbonyl (C=O) groups excluding carboxylic acids is 1. The summed E-state index contributed by atoms with van der Waals surface area (Å²) in [5, 5.41) is 2.49. The monoisotopic (exact) mass is 396 g/mol. The maximum Gasteiger partial charge on any atom is 0.258 e. The molecule has 2 aromatic rings. The quantitative estimate of drug-likeness (QED) is 0.806. The highest BCUT2D eigenvalue weighted by Gasteiger charge is 2.24. The SMILES string of the molecule is CCN(CC)S(=O)(=O)c1cc(C)c(C)c(NC(=O)c2cc(F)ccc2F)c1. The normalized spacial score (nSPS) is 11.7. The number of carbonyl (C=O) groups is 1. The van der Waals surface area contributed by atoms with Crippen LogP contribution in [0.2, 0.25) is 0 Å². The van der Waals surface area contributed by atoms with Gasteiger partial charge in [-0.25, -0.2) is 17.2 Å². The van der Waals surface area contributed by atoms with Crippen molar-refractivity contribution in [2.45, 2.75) is 32.6 Å². The van der Waals surface area contributed by atoms with Gasteiger partial charge in [0.2, 0.25) is 10.0 Å². The van der Waals surface area contributed by atoms with Gasteiger partial charge in [0.1, 0.15) is 11.6 Å². The molecule has 0 saturated carbocycles. The zero-order valence-corrected chi connectivity index (χ0v) is 16.5. The standard InChI is InChI=1S/C19H22F2N2O3S/c1-5-23(6-2)27(25,26)15-9-12(3)13(4)18(11-15)22-19(24)16-10-14(20)7-8-17(16)21/h7-11H,5-6H2,1-4H3,(H,22,24). The number of aryl methyl sites for hydroxylation is 1. The summed E-state index contributed by atoms with van der Waals surface area (Å²) in [6.07, 6.45) is 0. The smallest absolute Gasteiger partial charge is 0.258 e. The second-order valence-corrected chi connectivity index (χ2v) is 8.02. The predicted octanol–water partition coefficient (Wildman–Crippen LogP) is 3.86. The Kier molecular flexibility index (Phi) is 6.33. The molecule has 1 N–H and O–H groups in total. The Hall–Kier alpha value is -2.32. The zero-order chi connectivity index (χ0) is 20.4. The minimum absolute atomic E-state index is 0.0318. The van der Waals surface area contributed by atoms with Crippen molar-refractivity contribution in [3.05, 3.63) is 58.7 Å². The molecule has 27 heavy (non-hydrogen) atoms. The van der Waals surface area contributed by atoms with Crippen molar-refractivity contribution < 1.29 is 22.0 Å². The van der Waals surface area contributed by atoms with Crippen LogP contribution in [0.3, 0.4) is 0 Å². The van der Waals surface area contributed by atoms with Gasteiger partial charge in [-0.2, -0.15) is 4.31 Å². The van der Waals surface area contributed by atoms with Crippen LogP contribution < -0.4 is 5.32 Å². The summed E-state index contributed by atoms with van der Waals surface area (Å²) in [7, 11) is -3.73. The molecule has 5 nitrogen and oxygen atoms in total. The largest absolute Gasteiger partial charge is 0.322 e. The van der Waals surface area contributed by atoms with E-state index < -0.39 is 33.1 Å². The van der Waals surface area contributed by atoms with Crippen molar-refractivity contribution in [1.82, 2.24) is 4.31 Å². The molecular formula is C19H22F2N2O3S. The Morgan fingerprint density at radius 2 is 1.70 bits per heavy atom. The maximum absolute atomic E-state index is 13.8. The number of anilines is 1. The average Bonchev–Trinajstić information content (AvgIpc) is 2.61. The molecule has 0 aliphatic rings. The lowest BCUT2D eigenvalue weighted by atomic mass is 10.1. The summed E-state index contributed by atoms with van der Waals surface area (Å²) in [6.45, 7) is 7.51. The van der Waals surface area contributed by atoms with E-state index in [0.29, 0.717) is 24.2 Å². The van der Waals surface area contributed by atoms with Crippen molar-refractivity contribution in [1.29, 1.82) is 0 Å². The van der Waals surface area contributed by atoms with Crippen molar-refractivity contribution in [2.24, 2.45) is 0 Å². The first-order valence-corrected chi connectivity index (χ1v) is 9.93. The van der Waals surface area contributed by atoms with Gasteiger partial charge in [0.05, 0.1) is 10.5 Å². The lowest BCUT2D eigenvalue weighted by molar-refractivity contribution is 0.102. The molecular weight excluding hydrogens is 374 g/mol. The van der Waals surface area contributed by atoms with Gasteiger partial charge >= 0.3 is 0 Å². The number of amides is 1. The Balaban J connectivity index is 2.47. The van der Waals surface area contributed by atoms with Crippen LogP contribution in [0.4, 0.5) is 14.5 Å². The first-order chi connectivity index (χ1) is 12.6. The number of benzene rings is 2. The van der Waals surface area contributed by atoms with Crippen LogP contribution in [-0.4, -0.2) is 31.7 Å². The van der Waals surface area contributed by atoms with Crippen LogP contribution in [0.15, 0.2) is 35.2 Å². The topological polar surface area (TPSA) is 66.5 Å². The number of sulfonamides is 1. The van der Waals surface area contributed by atoms with Gasteiger partial charge in [0.15, 0.2) is 0 Å². The van der Waals surface area contributed by atoms with Gasteiger partial charge in [-0.05, 0) is 55.3 Å². The highest BCUT2D eigenvalue weighted by molar-refractivity contribution is 7.89. The van der Waals surface area contributed by atoms with Crippen LogP contribution in [0, 0.1) is 25.5 Å². The predicted molar refractivity (Wildman–Crippen MR) is 100 cm³/mol. The Labute approximate surface area is 158 Å². The van der Waals surface area contributed by atoms with E-state index in [0.717, 1.165) is 18.2 Å². The molecule has 0 unspecified atom stereocenters. The fraction of sp³-hybridized carbons (Fsp3) is 0.316. The molecule has 0 aliphatic heterocycles. The number of nitrogens with zero attached hydrogens (tertiary/aromatic N) is 1. The summed E-state index contributed by atoms with van der Waals surface area (Å²) in [5.41, 5.74) is 1.07. The highest BCUT2D eigenvalue weighted by atomic mass is 32.2. The molecule has 0 saturated heterocycles. The van der Waals surface area contributed by atoms with E-state index >= 15 is 0 Å². The van der Waals surface area contributed by atoms with Crippen molar-refractivity contribution in [3.8, 4) is 0 Å². The maximum atomic E-state index is 13.8. The molecule has 0 aromatic heterocycles. The highest BCUT2D eigenvalue weighted by Crippen LogP contribution is 2.27. The molecule has 0 heterocycles. The van der Waals surface area contributed by atoms with E-state index in [1.165, 1.54) is 16.4 Å². The molecule has 0 aliphatic carbocycles. The summed E-state index contributed by atoms with van der Waals surface area (Å²) in [6, 6.07) is 5.44. The molecule has 8 heteroatoms. The Bertz CT molecular complexity index is 971. The first kappa shape index (κ1) is 21.0. The van der Waals surface area contributed by atoms with E-state index in [4.69, 9.17) is 0 Å². The lowest BCUT2D eigenvalue weighted by Crippen LogP contribution is -2.30. The molecule has 0 radical (unpaired) electrons. The third kappa shape index (κ3) is 4.33. The molecule has 0 bridgehead atoms. The van der Waals surface area contributed by atoms with Gasteiger partial charge in [-0.15, -0.1) is 0 Å². The van der Waals surface area contributed by atoms with Crippen LogP contribution in [0.25, 0.3) is 0 Å². The van der Waals surface area contributed by atoms with Crippen molar-refractivity contribution >= 4 is 21.6 Å². The molecule has 2 rings (SSSR count). The van der Waals surface area contributed by atoms with Crippen molar-refractivity contribution in [2.75, 3.05) is 18.4 Å². The number of halogens is 2. The van der Waals surface area contributed by atoms with E-state index in [1.807, 2.05) is 0 Å². The number of nitrogens with one attached hydrogen (secondary N) is 1. The minimum atomic E-state index is -3.73. The molecule has 146 valence electrons. The minimum Gasteiger partial charge on any atom is -0.322 e. The molecule has 1 amide bonds. The van der Waals surface area contributed by atoms with Crippen LogP contribution in [0.1, 0.15) is 35.3 Å². The molecule has 0 fully saturated rings. The summed E-state index contributed by atoms with van der Waals surface area (Å²) < 4.78 is 54.0. The number of hydrogen-bond donors (Lipinski definition) is 1. The van der Waals surface area contributed by atoms with Gasteiger partial charge < -0.3 is 5.32 Å². The number of rotatable bonds is 6. The van der Waals surface area contributed by atoms with Gasteiger partial charge in [-0.3, -0.25) is 4.79 Å². The van der Waals surface area contributed by atoms with E-state index in [1.54, 1.807) is 27.7 Å². The second kappa shape index (κ2) is 8.14. The van der Waals surface area contributed by atoms with Gasteiger partial charge in [0.25, 0.3) is 5.91 Å². The summed E-state index contributed by atoms with van der Waals surface area (Å²) in [4.78, 5) is 12.4. The fourth-order valence-corrected chi connectivity index (χ4v) is 4.25. The lowest BCUT2D eigenvalue weighted by Gasteiger charge is -2.20. The van der Waals surface area contributed by atoms with E-state index in [-0.39, 0.29) is 10.6 Å². The zero-order valence-electron chi connectivity index (χ0n) is 15.6. The first-order valence-electron chi connectivity index (χ1n) is 8.49. The fourth-order valence-electron chi connectivity index (χ4n) is 2.68.